The second-order valence-electron chi connectivity index (χ2n) is 6.55. The normalized spacial score (nSPS) is 12.5. The largest absolute Gasteiger partial charge is 0.480 e. The quantitative estimate of drug-likeness (QED) is 0.858. The van der Waals surface area contributed by atoms with Crippen molar-refractivity contribution in [2.24, 2.45) is 0 Å². The number of aryl methyl sites for hydroxylation is 1. The third kappa shape index (κ3) is 4.22. The van der Waals surface area contributed by atoms with Gasteiger partial charge in [-0.05, 0) is 31.9 Å². The highest BCUT2D eigenvalue weighted by Crippen LogP contribution is 2.24. The minimum Gasteiger partial charge on any atom is -0.480 e. The average molecular weight is 325 g/mol. The monoisotopic (exact) mass is 325 g/mol. The SMILES string of the molecule is Cc1ccc(C(C)(C)C(=O)NC(Cc2ccccc2)C(=O)O)cc1. The lowest BCUT2D eigenvalue weighted by Gasteiger charge is -2.26. The maximum Gasteiger partial charge on any atom is 0.326 e. The van der Waals surface area contributed by atoms with Gasteiger partial charge in [0.15, 0.2) is 0 Å². The van der Waals surface area contributed by atoms with E-state index in [1.807, 2.05) is 61.5 Å². The lowest BCUT2D eigenvalue weighted by Crippen LogP contribution is -2.49. The maximum absolute atomic E-state index is 12.7. The fraction of sp³-hybridized carbons (Fsp3) is 0.300. The van der Waals surface area contributed by atoms with Crippen molar-refractivity contribution >= 4 is 11.9 Å². The first kappa shape index (κ1) is 17.7. The molecule has 126 valence electrons. The van der Waals surface area contributed by atoms with Crippen LogP contribution in [0.1, 0.15) is 30.5 Å². The molecule has 0 aromatic heterocycles. The first-order chi connectivity index (χ1) is 11.3. The van der Waals surface area contributed by atoms with E-state index in [2.05, 4.69) is 5.32 Å². The van der Waals surface area contributed by atoms with Crippen molar-refractivity contribution in [2.45, 2.75) is 38.6 Å². The lowest BCUT2D eigenvalue weighted by molar-refractivity contribution is -0.142. The molecule has 0 saturated heterocycles. The number of nitrogens with one attached hydrogen (secondary N) is 1. The Kier molecular flexibility index (Phi) is 5.39. The number of hydrogen-bond donors (Lipinski definition) is 2. The molecule has 2 aromatic carbocycles. The summed E-state index contributed by atoms with van der Waals surface area (Å²) in [5.41, 5.74) is 2.04. The molecule has 0 fully saturated rings. The van der Waals surface area contributed by atoms with Gasteiger partial charge in [-0.3, -0.25) is 4.79 Å². The number of carbonyl (C=O) groups is 2. The molecular weight excluding hydrogens is 302 g/mol. The van der Waals surface area contributed by atoms with Crippen LogP contribution in [0.3, 0.4) is 0 Å². The van der Waals surface area contributed by atoms with E-state index in [-0.39, 0.29) is 12.3 Å². The van der Waals surface area contributed by atoms with Crippen LogP contribution in [0.2, 0.25) is 0 Å². The predicted octanol–water partition coefficient (Wildman–Crippen LogP) is 3.08. The van der Waals surface area contributed by atoms with Crippen molar-refractivity contribution in [1.82, 2.24) is 5.32 Å². The molecule has 1 atom stereocenters. The summed E-state index contributed by atoms with van der Waals surface area (Å²) in [6.07, 6.45) is 0.256. The molecular formula is C20H23NO3. The van der Waals surface area contributed by atoms with Crippen molar-refractivity contribution < 1.29 is 14.7 Å². The molecule has 2 rings (SSSR count). The van der Waals surface area contributed by atoms with E-state index in [9.17, 15) is 14.7 Å². The van der Waals surface area contributed by atoms with Crippen LogP contribution < -0.4 is 5.32 Å². The number of amides is 1. The Bertz CT molecular complexity index is 705. The van der Waals surface area contributed by atoms with E-state index in [0.717, 1.165) is 16.7 Å². The van der Waals surface area contributed by atoms with E-state index < -0.39 is 17.4 Å². The molecule has 4 nitrogen and oxygen atoms in total. The van der Waals surface area contributed by atoms with Gasteiger partial charge in [0.1, 0.15) is 6.04 Å². The van der Waals surface area contributed by atoms with Crippen molar-refractivity contribution in [3.8, 4) is 0 Å². The van der Waals surface area contributed by atoms with Gasteiger partial charge >= 0.3 is 5.97 Å². The predicted molar refractivity (Wildman–Crippen MR) is 93.9 cm³/mol. The fourth-order valence-electron chi connectivity index (χ4n) is 2.49. The van der Waals surface area contributed by atoms with Gasteiger partial charge in [0.05, 0.1) is 5.41 Å². The molecule has 0 radical (unpaired) electrons. The number of carbonyl (C=O) groups excluding carboxylic acids is 1. The smallest absolute Gasteiger partial charge is 0.326 e. The van der Waals surface area contributed by atoms with Gasteiger partial charge in [0.25, 0.3) is 0 Å². The molecule has 1 unspecified atom stereocenters. The highest BCUT2D eigenvalue weighted by molar-refractivity contribution is 5.91. The summed E-state index contributed by atoms with van der Waals surface area (Å²) in [4.78, 5) is 24.2. The molecule has 0 aliphatic carbocycles. The Balaban J connectivity index is 2.14. The van der Waals surface area contributed by atoms with Crippen LogP contribution in [-0.2, 0) is 21.4 Å². The van der Waals surface area contributed by atoms with Crippen LogP contribution in [0.25, 0.3) is 0 Å². The summed E-state index contributed by atoms with van der Waals surface area (Å²) < 4.78 is 0. The average Bonchev–Trinajstić information content (AvgIpc) is 2.55. The first-order valence-corrected chi connectivity index (χ1v) is 7.95. The molecule has 0 aliphatic rings. The molecule has 0 saturated carbocycles. The summed E-state index contributed by atoms with van der Waals surface area (Å²) in [5, 5.41) is 12.1. The molecule has 0 heterocycles. The lowest BCUT2D eigenvalue weighted by atomic mass is 9.83. The fourth-order valence-corrected chi connectivity index (χ4v) is 2.49. The number of carboxylic acid groups (broad SMARTS) is 1. The molecule has 2 N–H and O–H groups in total. The molecule has 1 amide bonds. The van der Waals surface area contributed by atoms with Gasteiger partial charge in [0.2, 0.25) is 5.91 Å². The molecule has 2 aromatic rings. The minimum atomic E-state index is -1.04. The van der Waals surface area contributed by atoms with E-state index in [4.69, 9.17) is 0 Å². The second kappa shape index (κ2) is 7.30. The molecule has 24 heavy (non-hydrogen) atoms. The van der Waals surface area contributed by atoms with Crippen LogP contribution in [-0.4, -0.2) is 23.0 Å². The van der Waals surface area contributed by atoms with Gasteiger partial charge < -0.3 is 10.4 Å². The zero-order valence-corrected chi connectivity index (χ0v) is 14.2. The Morgan fingerprint density at radius 2 is 1.62 bits per heavy atom. The van der Waals surface area contributed by atoms with Crippen LogP contribution in [0, 0.1) is 6.92 Å². The molecule has 0 spiro atoms. The second-order valence-corrected chi connectivity index (χ2v) is 6.55. The minimum absolute atomic E-state index is 0.256. The van der Waals surface area contributed by atoms with E-state index in [0.29, 0.717) is 0 Å². The van der Waals surface area contributed by atoms with Gasteiger partial charge in [-0.25, -0.2) is 4.79 Å². The van der Waals surface area contributed by atoms with E-state index >= 15 is 0 Å². The number of rotatable bonds is 6. The van der Waals surface area contributed by atoms with Crippen LogP contribution in [0.5, 0.6) is 0 Å². The Labute approximate surface area is 142 Å². The molecule has 0 bridgehead atoms. The van der Waals surface area contributed by atoms with Crippen molar-refractivity contribution in [3.63, 3.8) is 0 Å². The van der Waals surface area contributed by atoms with Crippen LogP contribution in [0.15, 0.2) is 54.6 Å². The highest BCUT2D eigenvalue weighted by atomic mass is 16.4. The number of hydrogen-bond acceptors (Lipinski definition) is 2. The van der Waals surface area contributed by atoms with E-state index in [1.54, 1.807) is 13.8 Å². The third-order valence-electron chi connectivity index (χ3n) is 4.23. The Morgan fingerprint density at radius 3 is 2.17 bits per heavy atom. The van der Waals surface area contributed by atoms with Crippen molar-refractivity contribution in [2.75, 3.05) is 0 Å². The number of benzene rings is 2. The van der Waals surface area contributed by atoms with Crippen molar-refractivity contribution in [1.29, 1.82) is 0 Å². The van der Waals surface area contributed by atoms with Gasteiger partial charge in [0, 0.05) is 6.42 Å². The van der Waals surface area contributed by atoms with Gasteiger partial charge in [-0.15, -0.1) is 0 Å². The highest BCUT2D eigenvalue weighted by Gasteiger charge is 2.32. The number of aliphatic carboxylic acids is 1. The number of carboxylic acids is 1. The topological polar surface area (TPSA) is 66.4 Å². The third-order valence-corrected chi connectivity index (χ3v) is 4.23. The van der Waals surface area contributed by atoms with Gasteiger partial charge in [-0.2, -0.15) is 0 Å². The van der Waals surface area contributed by atoms with E-state index in [1.165, 1.54) is 0 Å². The first-order valence-electron chi connectivity index (χ1n) is 7.95. The summed E-state index contributed by atoms with van der Waals surface area (Å²) in [5.74, 6) is -1.33. The van der Waals surface area contributed by atoms with Crippen molar-refractivity contribution in [3.05, 3.63) is 71.3 Å². The maximum atomic E-state index is 12.7. The summed E-state index contributed by atoms with van der Waals surface area (Å²) in [6, 6.07) is 16.0. The Morgan fingerprint density at radius 1 is 1.04 bits per heavy atom. The summed E-state index contributed by atoms with van der Waals surface area (Å²) in [6.45, 7) is 5.58. The summed E-state index contributed by atoms with van der Waals surface area (Å²) in [7, 11) is 0. The van der Waals surface area contributed by atoms with Crippen LogP contribution >= 0.6 is 0 Å². The van der Waals surface area contributed by atoms with Gasteiger partial charge in [-0.1, -0.05) is 60.2 Å². The Hall–Kier alpha value is -2.62. The van der Waals surface area contributed by atoms with Crippen LogP contribution in [0.4, 0.5) is 0 Å². The zero-order valence-electron chi connectivity index (χ0n) is 14.2. The molecule has 0 aliphatic heterocycles. The molecule has 4 heteroatoms. The summed E-state index contributed by atoms with van der Waals surface area (Å²) >= 11 is 0. The zero-order chi connectivity index (χ0) is 17.7. The standard InChI is InChI=1S/C20H23NO3/c1-14-9-11-16(12-10-14)20(2,3)19(24)21-17(18(22)23)13-15-7-5-4-6-8-15/h4-12,17H,13H2,1-3H3,(H,21,24)(H,22,23).